The highest BCUT2D eigenvalue weighted by Crippen LogP contribution is 2.20. The molecule has 1 saturated heterocycles. The smallest absolute Gasteiger partial charge is 0.315 e. The number of hydrogen-bond donors (Lipinski definition) is 3. The second kappa shape index (κ2) is 7.26. The van der Waals surface area contributed by atoms with Gasteiger partial charge >= 0.3 is 6.03 Å². The van der Waals surface area contributed by atoms with Crippen LogP contribution >= 0.6 is 0 Å². The highest BCUT2D eigenvalue weighted by molar-refractivity contribution is 5.74. The number of benzene rings is 1. The fraction of sp³-hybridized carbons (Fsp3) is 0.533. The molecule has 0 radical (unpaired) electrons. The van der Waals surface area contributed by atoms with Crippen molar-refractivity contribution < 1.29 is 14.3 Å². The lowest BCUT2D eigenvalue weighted by atomic mass is 10.0. The quantitative estimate of drug-likeness (QED) is 0.788. The summed E-state index contributed by atoms with van der Waals surface area (Å²) < 4.78 is 13.3. The van der Waals surface area contributed by atoms with Gasteiger partial charge in [-0.15, -0.1) is 0 Å². The number of nitrogens with one attached hydrogen (secondary N) is 2. The minimum atomic E-state index is -0.275. The fourth-order valence-electron chi connectivity index (χ4n) is 2.50. The molecule has 6 heteroatoms. The summed E-state index contributed by atoms with van der Waals surface area (Å²) in [5.74, 6) is -0.253. The molecule has 1 aromatic rings. The number of rotatable bonds is 4. The van der Waals surface area contributed by atoms with E-state index in [0.717, 1.165) is 25.1 Å². The summed E-state index contributed by atoms with van der Waals surface area (Å²) >= 11 is 0. The Hall–Kier alpha value is -1.82. The van der Waals surface area contributed by atoms with E-state index in [1.165, 1.54) is 12.1 Å². The van der Waals surface area contributed by atoms with Crippen LogP contribution in [-0.2, 0) is 0 Å². The maximum Gasteiger partial charge on any atom is 0.315 e. The maximum atomic E-state index is 13.3. The average molecular weight is 295 g/mol. The van der Waals surface area contributed by atoms with Crippen molar-refractivity contribution in [2.45, 2.75) is 31.8 Å². The first-order valence-corrected chi connectivity index (χ1v) is 7.27. The standard InChI is InChI=1S/C15H22FN3O2/c1-11(10-20)17-15(21)18-13-5-3-7-19(9-13)14-6-2-4-12(16)8-14/h2,4,6,8,11,13,20H,3,5,7,9-10H2,1H3,(H2,17,18,21). The SMILES string of the molecule is CC(CO)NC(=O)NC1CCCN(c2cccc(F)c2)C1. The molecule has 1 heterocycles. The van der Waals surface area contributed by atoms with Crippen LogP contribution in [0.4, 0.5) is 14.9 Å². The van der Waals surface area contributed by atoms with Crippen molar-refractivity contribution in [1.29, 1.82) is 0 Å². The zero-order valence-corrected chi connectivity index (χ0v) is 12.2. The van der Waals surface area contributed by atoms with Crippen molar-refractivity contribution in [3.05, 3.63) is 30.1 Å². The number of urea groups is 1. The van der Waals surface area contributed by atoms with E-state index in [1.807, 2.05) is 6.07 Å². The minimum Gasteiger partial charge on any atom is -0.394 e. The molecule has 21 heavy (non-hydrogen) atoms. The third-order valence-corrected chi connectivity index (χ3v) is 3.58. The van der Waals surface area contributed by atoms with Gasteiger partial charge in [0.05, 0.1) is 12.6 Å². The lowest BCUT2D eigenvalue weighted by Gasteiger charge is -2.35. The largest absolute Gasteiger partial charge is 0.394 e. The van der Waals surface area contributed by atoms with E-state index >= 15 is 0 Å². The van der Waals surface area contributed by atoms with Gasteiger partial charge in [0.15, 0.2) is 0 Å². The second-order valence-corrected chi connectivity index (χ2v) is 5.47. The monoisotopic (exact) mass is 295 g/mol. The molecule has 2 atom stereocenters. The Kier molecular flexibility index (Phi) is 5.38. The molecule has 0 bridgehead atoms. The molecule has 2 rings (SSSR count). The molecule has 1 aliphatic rings. The van der Waals surface area contributed by atoms with Crippen LogP contribution in [0.5, 0.6) is 0 Å². The van der Waals surface area contributed by atoms with Crippen molar-refractivity contribution in [3.8, 4) is 0 Å². The summed E-state index contributed by atoms with van der Waals surface area (Å²) in [6.45, 7) is 3.16. The van der Waals surface area contributed by atoms with Crippen molar-refractivity contribution in [3.63, 3.8) is 0 Å². The van der Waals surface area contributed by atoms with E-state index in [-0.39, 0.29) is 30.5 Å². The Labute approximate surface area is 124 Å². The van der Waals surface area contributed by atoms with Crippen LogP contribution in [0.15, 0.2) is 24.3 Å². The van der Waals surface area contributed by atoms with Gasteiger partial charge in [0.25, 0.3) is 0 Å². The number of carbonyl (C=O) groups is 1. The number of amides is 2. The third-order valence-electron chi connectivity index (χ3n) is 3.58. The van der Waals surface area contributed by atoms with Gasteiger partial charge in [-0.05, 0) is 38.0 Å². The molecule has 1 fully saturated rings. The van der Waals surface area contributed by atoms with Gasteiger partial charge in [-0.1, -0.05) is 6.07 Å². The number of aliphatic hydroxyl groups excluding tert-OH is 1. The number of nitrogens with zero attached hydrogens (tertiary/aromatic N) is 1. The molecule has 1 aliphatic heterocycles. The molecule has 0 aromatic heterocycles. The Morgan fingerprint density at radius 1 is 1.57 bits per heavy atom. The van der Waals surface area contributed by atoms with Gasteiger partial charge in [0.1, 0.15) is 5.82 Å². The number of hydrogen-bond acceptors (Lipinski definition) is 3. The van der Waals surface area contributed by atoms with Crippen molar-refractivity contribution in [2.75, 3.05) is 24.6 Å². The Morgan fingerprint density at radius 3 is 3.10 bits per heavy atom. The minimum absolute atomic E-state index is 0.0212. The summed E-state index contributed by atoms with van der Waals surface area (Å²) in [6.07, 6.45) is 1.84. The Balaban J connectivity index is 1.90. The fourth-order valence-corrected chi connectivity index (χ4v) is 2.50. The summed E-state index contributed by atoms with van der Waals surface area (Å²) in [5, 5.41) is 14.5. The topological polar surface area (TPSA) is 64.6 Å². The highest BCUT2D eigenvalue weighted by atomic mass is 19.1. The summed E-state index contributed by atoms with van der Waals surface area (Å²) in [5.41, 5.74) is 0.839. The molecule has 0 spiro atoms. The van der Waals surface area contributed by atoms with Crippen LogP contribution in [0, 0.1) is 5.82 Å². The van der Waals surface area contributed by atoms with E-state index < -0.39 is 0 Å². The van der Waals surface area contributed by atoms with E-state index in [0.29, 0.717) is 6.54 Å². The highest BCUT2D eigenvalue weighted by Gasteiger charge is 2.22. The molecule has 5 nitrogen and oxygen atoms in total. The van der Waals surface area contributed by atoms with Crippen LogP contribution in [0.3, 0.4) is 0 Å². The van der Waals surface area contributed by atoms with Crippen LogP contribution < -0.4 is 15.5 Å². The molecule has 1 aromatic carbocycles. The zero-order valence-electron chi connectivity index (χ0n) is 12.2. The first kappa shape index (κ1) is 15.6. The van der Waals surface area contributed by atoms with E-state index in [9.17, 15) is 9.18 Å². The van der Waals surface area contributed by atoms with Gasteiger partial charge in [-0.3, -0.25) is 0 Å². The molecule has 2 unspecified atom stereocenters. The Bertz CT molecular complexity index is 484. The number of anilines is 1. The van der Waals surface area contributed by atoms with Crippen LogP contribution in [0.25, 0.3) is 0 Å². The number of halogens is 1. The van der Waals surface area contributed by atoms with E-state index in [4.69, 9.17) is 5.11 Å². The van der Waals surface area contributed by atoms with E-state index in [2.05, 4.69) is 15.5 Å². The van der Waals surface area contributed by atoms with E-state index in [1.54, 1.807) is 13.0 Å². The lowest BCUT2D eigenvalue weighted by molar-refractivity contribution is 0.216. The Morgan fingerprint density at radius 2 is 2.38 bits per heavy atom. The van der Waals surface area contributed by atoms with Crippen molar-refractivity contribution in [1.82, 2.24) is 10.6 Å². The van der Waals surface area contributed by atoms with Crippen LogP contribution in [0.1, 0.15) is 19.8 Å². The molecular formula is C15H22FN3O2. The number of carbonyl (C=O) groups excluding carboxylic acids is 1. The first-order valence-electron chi connectivity index (χ1n) is 7.27. The average Bonchev–Trinajstić information content (AvgIpc) is 2.47. The number of aliphatic hydroxyl groups is 1. The molecule has 0 aliphatic carbocycles. The predicted octanol–water partition coefficient (Wildman–Crippen LogP) is 1.47. The molecule has 3 N–H and O–H groups in total. The maximum absolute atomic E-state index is 13.3. The third kappa shape index (κ3) is 4.60. The molecular weight excluding hydrogens is 273 g/mol. The predicted molar refractivity (Wildman–Crippen MR) is 79.9 cm³/mol. The van der Waals surface area contributed by atoms with Gasteiger partial charge < -0.3 is 20.6 Å². The summed E-state index contributed by atoms with van der Waals surface area (Å²) in [7, 11) is 0. The van der Waals surface area contributed by atoms with Crippen molar-refractivity contribution in [2.24, 2.45) is 0 Å². The van der Waals surface area contributed by atoms with Gasteiger partial charge in [-0.2, -0.15) is 0 Å². The molecule has 2 amide bonds. The van der Waals surface area contributed by atoms with Crippen LogP contribution in [0.2, 0.25) is 0 Å². The zero-order chi connectivity index (χ0) is 15.2. The molecule has 0 saturated carbocycles. The normalized spacial score (nSPS) is 20.0. The van der Waals surface area contributed by atoms with Gasteiger partial charge in [0, 0.05) is 24.8 Å². The van der Waals surface area contributed by atoms with Crippen molar-refractivity contribution >= 4 is 11.7 Å². The summed E-state index contributed by atoms with van der Waals surface area (Å²) in [4.78, 5) is 13.8. The lowest BCUT2D eigenvalue weighted by Crippen LogP contribution is -2.52. The number of piperidine rings is 1. The molecule has 116 valence electrons. The first-order chi connectivity index (χ1) is 10.1. The van der Waals surface area contributed by atoms with Crippen LogP contribution in [-0.4, -0.2) is 42.9 Å². The van der Waals surface area contributed by atoms with Gasteiger partial charge in [0.2, 0.25) is 0 Å². The second-order valence-electron chi connectivity index (χ2n) is 5.47. The summed E-state index contributed by atoms with van der Waals surface area (Å²) in [6, 6.07) is 5.98. The van der Waals surface area contributed by atoms with Gasteiger partial charge in [-0.25, -0.2) is 9.18 Å².